The summed E-state index contributed by atoms with van der Waals surface area (Å²) >= 11 is 1.56. The van der Waals surface area contributed by atoms with Gasteiger partial charge < -0.3 is 15.1 Å². The molecule has 0 radical (unpaired) electrons. The minimum absolute atomic E-state index is 0.577. The Kier molecular flexibility index (Phi) is 5.26. The van der Waals surface area contributed by atoms with E-state index in [-0.39, 0.29) is 0 Å². The van der Waals surface area contributed by atoms with Gasteiger partial charge in [0.25, 0.3) is 0 Å². The molecular weight excluding hydrogens is 432 g/mol. The lowest BCUT2D eigenvalue weighted by Crippen LogP contribution is -2.47. The van der Waals surface area contributed by atoms with E-state index in [1.165, 1.54) is 18.4 Å². The average molecular weight is 459 g/mol. The molecule has 2 aliphatic rings. The van der Waals surface area contributed by atoms with E-state index in [4.69, 9.17) is 9.97 Å². The number of nitrogens with one attached hydrogen (secondary N) is 1. The first-order chi connectivity index (χ1) is 16.3. The molecule has 0 bridgehead atoms. The molecule has 1 aromatic carbocycles. The summed E-state index contributed by atoms with van der Waals surface area (Å²) in [6, 6.07) is 15.1. The van der Waals surface area contributed by atoms with Crippen LogP contribution < -0.4 is 15.1 Å². The summed E-state index contributed by atoms with van der Waals surface area (Å²) in [6.07, 6.45) is 8.28. The van der Waals surface area contributed by atoms with Gasteiger partial charge in [-0.2, -0.15) is 5.10 Å². The molecule has 1 saturated carbocycles. The van der Waals surface area contributed by atoms with Crippen molar-refractivity contribution in [2.75, 3.05) is 47.6 Å². The fourth-order valence-corrected chi connectivity index (χ4v) is 4.70. The van der Waals surface area contributed by atoms with E-state index in [9.17, 15) is 0 Å². The van der Waals surface area contributed by atoms with Crippen molar-refractivity contribution in [2.24, 2.45) is 0 Å². The zero-order valence-corrected chi connectivity index (χ0v) is 19.4. The summed E-state index contributed by atoms with van der Waals surface area (Å²) in [5, 5.41) is 9.99. The first-order valence-electron chi connectivity index (χ1n) is 11.3. The lowest BCUT2D eigenvalue weighted by atomic mass is 10.2. The molecule has 4 heterocycles. The fraction of sp³-hybridized carbons (Fsp3) is 0.333. The van der Waals surface area contributed by atoms with Crippen LogP contribution in [0.4, 0.5) is 23.1 Å². The highest BCUT2D eigenvalue weighted by Crippen LogP contribution is 2.37. The maximum atomic E-state index is 4.78. The second kappa shape index (κ2) is 8.55. The molecule has 1 aliphatic heterocycles. The van der Waals surface area contributed by atoms with Gasteiger partial charge in [-0.05, 0) is 49.4 Å². The van der Waals surface area contributed by atoms with Crippen molar-refractivity contribution in [3.8, 4) is 0 Å². The molecule has 1 saturated heterocycles. The van der Waals surface area contributed by atoms with E-state index < -0.39 is 0 Å². The Labute approximate surface area is 197 Å². The highest BCUT2D eigenvalue weighted by Gasteiger charge is 2.25. The van der Waals surface area contributed by atoms with Crippen LogP contribution in [0.15, 0.2) is 60.0 Å². The molecule has 0 amide bonds. The van der Waals surface area contributed by atoms with Crippen LogP contribution in [0.5, 0.6) is 0 Å². The molecule has 4 aromatic rings. The Morgan fingerprint density at radius 3 is 2.48 bits per heavy atom. The summed E-state index contributed by atoms with van der Waals surface area (Å²) in [5.41, 5.74) is 2.21. The molecule has 0 spiro atoms. The molecule has 0 atom stereocenters. The van der Waals surface area contributed by atoms with Crippen molar-refractivity contribution < 1.29 is 0 Å². The lowest BCUT2D eigenvalue weighted by Gasteiger charge is -2.36. The number of hydrogen-bond acceptors (Lipinski definition) is 8. The topological polar surface area (TPSA) is 75.0 Å². The van der Waals surface area contributed by atoms with Gasteiger partial charge in [0.15, 0.2) is 5.16 Å². The van der Waals surface area contributed by atoms with Gasteiger partial charge in [0, 0.05) is 49.5 Å². The van der Waals surface area contributed by atoms with Gasteiger partial charge in [-0.1, -0.05) is 17.8 Å². The van der Waals surface area contributed by atoms with Gasteiger partial charge in [-0.25, -0.2) is 15.0 Å². The van der Waals surface area contributed by atoms with E-state index in [0.717, 1.165) is 59.9 Å². The third-order valence-corrected chi connectivity index (χ3v) is 6.76. The third-order valence-electron chi connectivity index (χ3n) is 6.21. The fourth-order valence-electron chi connectivity index (χ4n) is 4.32. The smallest absolute Gasteiger partial charge is 0.191 e. The second-order valence-corrected chi connectivity index (χ2v) is 9.25. The number of thioether (sulfide) groups is 1. The average Bonchev–Trinajstić information content (AvgIpc) is 3.63. The van der Waals surface area contributed by atoms with E-state index in [1.54, 1.807) is 11.8 Å². The maximum absolute atomic E-state index is 4.78. The van der Waals surface area contributed by atoms with Crippen LogP contribution in [0.1, 0.15) is 18.9 Å². The van der Waals surface area contributed by atoms with Gasteiger partial charge in [0.05, 0.1) is 17.8 Å². The number of nitrogens with zero attached hydrogens (tertiary/aromatic N) is 7. The van der Waals surface area contributed by atoms with E-state index in [1.807, 2.05) is 36.8 Å². The van der Waals surface area contributed by atoms with Gasteiger partial charge in [-0.15, -0.1) is 0 Å². The lowest BCUT2D eigenvalue weighted by molar-refractivity contribution is 0.638. The minimum atomic E-state index is 0.577. The number of pyridine rings is 1. The molecule has 8 nitrogen and oxygen atoms in total. The van der Waals surface area contributed by atoms with E-state index >= 15 is 0 Å². The molecule has 168 valence electrons. The summed E-state index contributed by atoms with van der Waals surface area (Å²) in [5.74, 6) is 2.80. The van der Waals surface area contributed by atoms with Gasteiger partial charge in [0.1, 0.15) is 17.5 Å². The standard InChI is InChI=1S/C24H26N8S/c1-33-24-28-21(27-18-5-8-20-17(14-18)16-26-32(20)19-6-7-19)15-23(29-24)31-12-10-30(11-13-31)22-4-2-3-9-25-22/h2-5,8-9,14-16,19H,6-7,10-13H2,1H3,(H,27,28,29). The molecule has 0 unspecified atom stereocenters. The highest BCUT2D eigenvalue weighted by molar-refractivity contribution is 7.98. The minimum Gasteiger partial charge on any atom is -0.353 e. The van der Waals surface area contributed by atoms with Crippen LogP contribution in [0.2, 0.25) is 0 Å². The van der Waals surface area contributed by atoms with Gasteiger partial charge in [0.2, 0.25) is 0 Å². The molecule has 3 aromatic heterocycles. The third kappa shape index (κ3) is 4.20. The Morgan fingerprint density at radius 1 is 0.939 bits per heavy atom. The monoisotopic (exact) mass is 458 g/mol. The molecule has 1 N–H and O–H groups in total. The molecule has 9 heteroatoms. The van der Waals surface area contributed by atoms with Crippen molar-refractivity contribution >= 4 is 45.8 Å². The molecular formula is C24H26N8S. The van der Waals surface area contributed by atoms with Crippen LogP contribution in [0.25, 0.3) is 10.9 Å². The van der Waals surface area contributed by atoms with Crippen molar-refractivity contribution in [1.29, 1.82) is 0 Å². The Balaban J connectivity index is 1.20. The largest absolute Gasteiger partial charge is 0.353 e. The van der Waals surface area contributed by atoms with Crippen LogP contribution >= 0.6 is 11.8 Å². The van der Waals surface area contributed by atoms with Crippen molar-refractivity contribution in [3.63, 3.8) is 0 Å². The predicted molar refractivity (Wildman–Crippen MR) is 134 cm³/mol. The first-order valence-corrected chi connectivity index (χ1v) is 12.6. The first kappa shape index (κ1) is 20.3. The number of piperazine rings is 1. The zero-order chi connectivity index (χ0) is 22.2. The molecule has 33 heavy (non-hydrogen) atoms. The van der Waals surface area contributed by atoms with E-state index in [2.05, 4.69) is 54.1 Å². The number of benzene rings is 1. The molecule has 1 aliphatic carbocycles. The maximum Gasteiger partial charge on any atom is 0.191 e. The summed E-state index contributed by atoms with van der Waals surface area (Å²) in [4.78, 5) is 18.6. The second-order valence-electron chi connectivity index (χ2n) is 8.48. The molecule has 2 fully saturated rings. The number of rotatable bonds is 6. The van der Waals surface area contributed by atoms with Crippen LogP contribution in [0.3, 0.4) is 0 Å². The normalized spacial score (nSPS) is 16.4. The van der Waals surface area contributed by atoms with Crippen LogP contribution in [-0.4, -0.2) is 57.2 Å². The number of anilines is 4. The zero-order valence-electron chi connectivity index (χ0n) is 18.6. The quantitative estimate of drug-likeness (QED) is 0.338. The van der Waals surface area contributed by atoms with Crippen molar-refractivity contribution in [3.05, 3.63) is 54.9 Å². The highest BCUT2D eigenvalue weighted by atomic mass is 32.2. The van der Waals surface area contributed by atoms with E-state index in [0.29, 0.717) is 6.04 Å². The number of aromatic nitrogens is 5. The van der Waals surface area contributed by atoms with Gasteiger partial charge in [-0.3, -0.25) is 4.68 Å². The van der Waals surface area contributed by atoms with Crippen molar-refractivity contribution in [1.82, 2.24) is 24.7 Å². The number of hydrogen-bond donors (Lipinski definition) is 1. The predicted octanol–water partition coefficient (Wildman–Crippen LogP) is 4.35. The van der Waals surface area contributed by atoms with Crippen LogP contribution in [-0.2, 0) is 0 Å². The molecule has 6 rings (SSSR count). The van der Waals surface area contributed by atoms with Gasteiger partial charge >= 0.3 is 0 Å². The number of fused-ring (bicyclic) bond motifs is 1. The summed E-state index contributed by atoms with van der Waals surface area (Å²) in [7, 11) is 0. The SMILES string of the molecule is CSc1nc(Nc2ccc3c(cnn3C3CC3)c2)cc(N2CCN(c3ccccn3)CC2)n1. The Morgan fingerprint density at radius 2 is 1.76 bits per heavy atom. The van der Waals surface area contributed by atoms with Crippen molar-refractivity contribution in [2.45, 2.75) is 24.0 Å². The Hall–Kier alpha value is -3.33. The summed E-state index contributed by atoms with van der Waals surface area (Å²) < 4.78 is 2.15. The Bertz CT molecular complexity index is 1260. The van der Waals surface area contributed by atoms with Crippen LogP contribution in [0, 0.1) is 0 Å². The summed E-state index contributed by atoms with van der Waals surface area (Å²) in [6.45, 7) is 3.63.